The van der Waals surface area contributed by atoms with Gasteiger partial charge in [-0.1, -0.05) is 25.0 Å². The molecule has 0 atom stereocenters. The van der Waals surface area contributed by atoms with Crippen molar-refractivity contribution in [3.63, 3.8) is 0 Å². The zero-order valence-electron chi connectivity index (χ0n) is 18.7. The summed E-state index contributed by atoms with van der Waals surface area (Å²) in [6, 6.07) is 12.7. The van der Waals surface area contributed by atoms with Crippen LogP contribution < -0.4 is 5.32 Å². The predicted molar refractivity (Wildman–Crippen MR) is 126 cm³/mol. The molecule has 0 unspecified atom stereocenters. The van der Waals surface area contributed by atoms with E-state index >= 15 is 0 Å². The topological polar surface area (TPSA) is 79.4 Å². The van der Waals surface area contributed by atoms with Crippen LogP contribution in [0.5, 0.6) is 0 Å². The third kappa shape index (κ3) is 5.39. The van der Waals surface area contributed by atoms with Crippen LogP contribution in [0.2, 0.25) is 0 Å². The van der Waals surface area contributed by atoms with E-state index in [2.05, 4.69) is 10.3 Å². The summed E-state index contributed by atoms with van der Waals surface area (Å²) in [5.41, 5.74) is 2.56. The Morgan fingerprint density at radius 2 is 1.73 bits per heavy atom. The summed E-state index contributed by atoms with van der Waals surface area (Å²) in [6.07, 6.45) is 4.49. The molecule has 0 saturated carbocycles. The van der Waals surface area contributed by atoms with Gasteiger partial charge in [0.15, 0.2) is 0 Å². The third-order valence-electron chi connectivity index (χ3n) is 5.97. The van der Waals surface area contributed by atoms with E-state index in [-0.39, 0.29) is 5.91 Å². The fraction of sp³-hybridized carbons (Fsp3) is 0.360. The fourth-order valence-electron chi connectivity index (χ4n) is 4.19. The van der Waals surface area contributed by atoms with Crippen LogP contribution in [0.3, 0.4) is 0 Å². The molecule has 2 heterocycles. The lowest BCUT2D eigenvalue weighted by Gasteiger charge is -2.20. The Bertz CT molecular complexity index is 1250. The molecule has 1 fully saturated rings. The van der Waals surface area contributed by atoms with Crippen molar-refractivity contribution in [2.24, 2.45) is 0 Å². The molecule has 1 aliphatic rings. The summed E-state index contributed by atoms with van der Waals surface area (Å²) in [5, 5.41) is 3.35. The molecule has 1 N–H and O–H groups in total. The first-order valence-corrected chi connectivity index (χ1v) is 12.7. The Labute approximate surface area is 193 Å². The van der Waals surface area contributed by atoms with Crippen molar-refractivity contribution in [1.82, 2.24) is 14.6 Å². The molecular formula is C25H28FN3O3S. The molecule has 2 aromatic carbocycles. The van der Waals surface area contributed by atoms with Crippen LogP contribution in [0.15, 0.2) is 53.4 Å². The number of carbonyl (C=O) groups excluding carboxylic acids is 1. The highest BCUT2D eigenvalue weighted by atomic mass is 32.2. The molecule has 1 aromatic heterocycles. The maximum Gasteiger partial charge on any atom is 0.252 e. The number of rotatable bonds is 6. The van der Waals surface area contributed by atoms with E-state index in [0.717, 1.165) is 31.2 Å². The maximum absolute atomic E-state index is 13.7. The number of nitrogens with zero attached hydrogens (tertiary/aromatic N) is 2. The highest BCUT2D eigenvalue weighted by Gasteiger charge is 2.24. The Hall–Kier alpha value is -2.84. The average molecular weight is 470 g/mol. The number of benzene rings is 2. The number of aromatic nitrogens is 1. The standard InChI is InChI=1S/C25H28FN3O3S/c1-18-16-23(22-17-20(26)8-11-24(22)28-18)25(30)27-13-12-19-6-9-21(10-7-19)33(31,32)29-14-4-2-3-5-15-29/h6-11,16-17H,2-5,12-15H2,1H3,(H,27,30). The normalized spacial score (nSPS) is 15.3. The van der Waals surface area contributed by atoms with Crippen LogP contribution in [0, 0.1) is 12.7 Å². The van der Waals surface area contributed by atoms with Gasteiger partial charge in [-0.05, 0) is 68.1 Å². The van der Waals surface area contributed by atoms with Crippen molar-refractivity contribution >= 4 is 26.8 Å². The second kappa shape index (κ2) is 9.97. The molecule has 174 valence electrons. The van der Waals surface area contributed by atoms with Crippen LogP contribution in [0.4, 0.5) is 4.39 Å². The van der Waals surface area contributed by atoms with Crippen molar-refractivity contribution in [2.75, 3.05) is 19.6 Å². The van der Waals surface area contributed by atoms with Gasteiger partial charge in [-0.15, -0.1) is 0 Å². The Kier molecular flexibility index (Phi) is 7.05. The molecule has 1 saturated heterocycles. The molecule has 33 heavy (non-hydrogen) atoms. The number of aryl methyl sites for hydroxylation is 1. The van der Waals surface area contributed by atoms with E-state index in [0.29, 0.717) is 53.1 Å². The minimum absolute atomic E-state index is 0.295. The number of fused-ring (bicyclic) bond motifs is 1. The van der Waals surface area contributed by atoms with Crippen LogP contribution in [-0.2, 0) is 16.4 Å². The number of halogens is 1. The number of amides is 1. The largest absolute Gasteiger partial charge is 0.352 e. The van der Waals surface area contributed by atoms with E-state index in [4.69, 9.17) is 0 Å². The molecule has 0 radical (unpaired) electrons. The number of hydrogen-bond donors (Lipinski definition) is 1. The minimum atomic E-state index is -3.47. The van der Waals surface area contributed by atoms with Gasteiger partial charge in [0.05, 0.1) is 16.0 Å². The third-order valence-corrected chi connectivity index (χ3v) is 7.88. The Morgan fingerprint density at radius 3 is 2.42 bits per heavy atom. The molecule has 0 aliphatic carbocycles. The Balaban J connectivity index is 1.40. The number of carbonyl (C=O) groups is 1. The highest BCUT2D eigenvalue weighted by Crippen LogP contribution is 2.22. The lowest BCUT2D eigenvalue weighted by molar-refractivity contribution is 0.0955. The molecule has 0 bridgehead atoms. The minimum Gasteiger partial charge on any atom is -0.352 e. The lowest BCUT2D eigenvalue weighted by atomic mass is 10.1. The van der Waals surface area contributed by atoms with Gasteiger partial charge in [-0.25, -0.2) is 12.8 Å². The fourth-order valence-corrected chi connectivity index (χ4v) is 5.71. The van der Waals surface area contributed by atoms with E-state index in [1.54, 1.807) is 47.6 Å². The SMILES string of the molecule is Cc1cc(C(=O)NCCc2ccc(S(=O)(=O)N3CCCCCC3)cc2)c2cc(F)ccc2n1. The van der Waals surface area contributed by atoms with Gasteiger partial charge in [-0.2, -0.15) is 4.31 Å². The summed E-state index contributed by atoms with van der Waals surface area (Å²) >= 11 is 0. The molecular weight excluding hydrogens is 441 g/mol. The molecule has 1 amide bonds. The second-order valence-electron chi connectivity index (χ2n) is 8.44. The quantitative estimate of drug-likeness (QED) is 0.586. The smallest absolute Gasteiger partial charge is 0.252 e. The zero-order chi connectivity index (χ0) is 23.4. The van der Waals surface area contributed by atoms with Crippen LogP contribution >= 0.6 is 0 Å². The zero-order valence-corrected chi connectivity index (χ0v) is 19.5. The predicted octanol–water partition coefficient (Wildman–Crippen LogP) is 4.22. The van der Waals surface area contributed by atoms with Gasteiger partial charge in [0.1, 0.15) is 5.82 Å². The van der Waals surface area contributed by atoms with Crippen molar-refractivity contribution in [3.8, 4) is 0 Å². The van der Waals surface area contributed by atoms with Crippen LogP contribution in [0.25, 0.3) is 10.9 Å². The van der Waals surface area contributed by atoms with Gasteiger partial charge in [-0.3, -0.25) is 9.78 Å². The van der Waals surface area contributed by atoms with Crippen molar-refractivity contribution in [1.29, 1.82) is 0 Å². The van der Waals surface area contributed by atoms with Gasteiger partial charge in [0.2, 0.25) is 10.0 Å². The monoisotopic (exact) mass is 469 g/mol. The number of hydrogen-bond acceptors (Lipinski definition) is 4. The van der Waals surface area contributed by atoms with Crippen LogP contribution in [-0.4, -0.2) is 43.2 Å². The van der Waals surface area contributed by atoms with Crippen molar-refractivity contribution < 1.29 is 17.6 Å². The summed E-state index contributed by atoms with van der Waals surface area (Å²) in [4.78, 5) is 17.4. The average Bonchev–Trinajstić information content (AvgIpc) is 3.09. The number of pyridine rings is 1. The first kappa shape index (κ1) is 23.3. The molecule has 8 heteroatoms. The van der Waals surface area contributed by atoms with Crippen molar-refractivity contribution in [3.05, 3.63) is 71.2 Å². The van der Waals surface area contributed by atoms with Gasteiger partial charge >= 0.3 is 0 Å². The molecule has 0 spiro atoms. The molecule has 3 aromatic rings. The summed E-state index contributed by atoms with van der Waals surface area (Å²) in [5.74, 6) is -0.714. The lowest BCUT2D eigenvalue weighted by Crippen LogP contribution is -2.31. The van der Waals surface area contributed by atoms with Gasteiger partial charge < -0.3 is 5.32 Å². The number of sulfonamides is 1. The van der Waals surface area contributed by atoms with Gasteiger partial charge in [0.25, 0.3) is 5.91 Å². The van der Waals surface area contributed by atoms with Crippen molar-refractivity contribution in [2.45, 2.75) is 43.9 Å². The molecule has 1 aliphatic heterocycles. The summed E-state index contributed by atoms with van der Waals surface area (Å²) in [6.45, 7) is 3.31. The first-order valence-electron chi connectivity index (χ1n) is 11.3. The summed E-state index contributed by atoms with van der Waals surface area (Å²) in [7, 11) is -3.47. The van der Waals surface area contributed by atoms with Crippen LogP contribution in [0.1, 0.15) is 47.3 Å². The van der Waals surface area contributed by atoms with E-state index in [1.807, 2.05) is 0 Å². The summed E-state index contributed by atoms with van der Waals surface area (Å²) < 4.78 is 41.1. The second-order valence-corrected chi connectivity index (χ2v) is 10.4. The first-order chi connectivity index (χ1) is 15.8. The van der Waals surface area contributed by atoms with E-state index < -0.39 is 15.8 Å². The highest BCUT2D eigenvalue weighted by molar-refractivity contribution is 7.89. The van der Waals surface area contributed by atoms with Gasteiger partial charge in [0, 0.05) is 30.7 Å². The van der Waals surface area contributed by atoms with E-state index in [9.17, 15) is 17.6 Å². The maximum atomic E-state index is 13.7. The number of nitrogens with one attached hydrogen (secondary N) is 1. The Morgan fingerprint density at radius 1 is 1.03 bits per heavy atom. The molecule has 6 nitrogen and oxygen atoms in total. The molecule has 4 rings (SSSR count). The van der Waals surface area contributed by atoms with E-state index in [1.165, 1.54) is 12.1 Å².